The summed E-state index contributed by atoms with van der Waals surface area (Å²) in [6, 6.07) is 2.16. The standard InChI is InChI=1S/C28H28FN6O3PS.C9H18O.C2H6/c1-13-5-6-35(10-13)26-32-8-15-16-11-37-12-17(16)19(23(39)21(15)33-26)22-20-14(7-30)25(34-27(36)38-28(2,3)4)40-24(20)18(29)9-31-22;1-2-3-6-9-7-4-5-8-10-9;1-2/h8-9,13H,5-6,10-12,39H2,1-4H3,(H,34,36);9H,2-8H2,1H3;1-2H3. The van der Waals surface area contributed by atoms with Crippen molar-refractivity contribution in [1.82, 2.24) is 15.0 Å². The largest absolute Gasteiger partial charge is 0.444 e. The number of anilines is 2. The normalized spacial score (nSPS) is 18.3. The van der Waals surface area contributed by atoms with Gasteiger partial charge in [-0.3, -0.25) is 10.3 Å². The molecule has 3 aliphatic rings. The molecule has 6 heterocycles. The summed E-state index contributed by atoms with van der Waals surface area (Å²) >= 11 is 0.981. The maximum atomic E-state index is 15.1. The number of thiophene rings is 1. The third-order valence-electron chi connectivity index (χ3n) is 9.28. The molecule has 1 aromatic carbocycles. The molecule has 0 aliphatic carbocycles. The zero-order chi connectivity index (χ0) is 37.6. The van der Waals surface area contributed by atoms with Gasteiger partial charge in [0.15, 0.2) is 5.82 Å². The summed E-state index contributed by atoms with van der Waals surface area (Å²) < 4.78 is 32.2. The molecule has 13 heteroatoms. The average Bonchev–Trinajstić information content (AvgIpc) is 3.88. The minimum Gasteiger partial charge on any atom is -0.444 e. The van der Waals surface area contributed by atoms with E-state index in [1.165, 1.54) is 38.5 Å². The van der Waals surface area contributed by atoms with Crippen LogP contribution in [0.4, 0.5) is 20.1 Å². The summed E-state index contributed by atoms with van der Waals surface area (Å²) in [7, 11) is 2.78. The van der Waals surface area contributed by atoms with E-state index < -0.39 is 17.5 Å². The van der Waals surface area contributed by atoms with Crippen LogP contribution >= 0.6 is 20.6 Å². The van der Waals surface area contributed by atoms with Crippen LogP contribution in [-0.2, 0) is 27.4 Å². The number of ether oxygens (including phenoxy) is 3. The number of nitriles is 1. The third-order valence-corrected chi connectivity index (χ3v) is 11.0. The van der Waals surface area contributed by atoms with E-state index in [-0.39, 0.29) is 15.3 Å². The van der Waals surface area contributed by atoms with E-state index in [1.807, 2.05) is 20.0 Å². The SMILES string of the molecule is CC.CC1CCN(c2ncc3c4c(c(-c5ncc(F)c6sc(NC(=O)OC(C)(C)C)c(C#N)c56)c(P)c3n2)COC4)C1.CCCCC1CCCCO1. The van der Waals surface area contributed by atoms with Crippen molar-refractivity contribution >= 4 is 63.9 Å². The zero-order valence-corrected chi connectivity index (χ0v) is 33.5. The number of nitrogens with one attached hydrogen (secondary N) is 1. The van der Waals surface area contributed by atoms with Crippen LogP contribution in [0.1, 0.15) is 110 Å². The van der Waals surface area contributed by atoms with Gasteiger partial charge in [-0.1, -0.05) is 40.5 Å². The summed E-state index contributed by atoms with van der Waals surface area (Å²) in [4.78, 5) is 28.9. The minimum atomic E-state index is -0.737. The number of unbranched alkanes of at least 4 members (excludes halogenated alkanes) is 1. The topological polar surface area (TPSA) is 122 Å². The van der Waals surface area contributed by atoms with Crippen molar-refractivity contribution in [2.45, 2.75) is 118 Å². The van der Waals surface area contributed by atoms with E-state index in [1.54, 1.807) is 20.8 Å². The molecule has 0 bridgehead atoms. The van der Waals surface area contributed by atoms with Crippen molar-refractivity contribution in [3.8, 4) is 17.3 Å². The number of fused-ring (bicyclic) bond motifs is 4. The lowest BCUT2D eigenvalue weighted by atomic mass is 9.94. The van der Waals surface area contributed by atoms with Gasteiger partial charge in [-0.2, -0.15) is 5.26 Å². The molecule has 2 fully saturated rings. The van der Waals surface area contributed by atoms with E-state index in [9.17, 15) is 10.1 Å². The average molecular weight is 751 g/mol. The first-order valence-electron chi connectivity index (χ1n) is 18.5. The highest BCUT2D eigenvalue weighted by Crippen LogP contribution is 2.44. The Morgan fingerprint density at radius 2 is 1.96 bits per heavy atom. The number of pyridine rings is 1. The molecule has 2 saturated heterocycles. The molecule has 0 spiro atoms. The first-order chi connectivity index (χ1) is 25.0. The molecular weight excluding hydrogens is 699 g/mol. The number of hydrogen-bond donors (Lipinski definition) is 1. The Bertz CT molecular complexity index is 1930. The van der Waals surface area contributed by atoms with Gasteiger partial charge in [-0.15, -0.1) is 20.6 Å². The predicted octanol–water partition coefficient (Wildman–Crippen LogP) is 9.41. The Kier molecular flexibility index (Phi) is 13.4. The Balaban J connectivity index is 0.000000374. The maximum Gasteiger partial charge on any atom is 0.412 e. The van der Waals surface area contributed by atoms with Crippen molar-refractivity contribution in [2.75, 3.05) is 29.9 Å². The van der Waals surface area contributed by atoms with Crippen LogP contribution in [0.5, 0.6) is 0 Å². The second-order valence-electron chi connectivity index (χ2n) is 14.3. The number of hydrogen-bond acceptors (Lipinski definition) is 10. The van der Waals surface area contributed by atoms with Crippen molar-refractivity contribution in [3.63, 3.8) is 0 Å². The molecule has 52 heavy (non-hydrogen) atoms. The summed E-state index contributed by atoms with van der Waals surface area (Å²) in [5.74, 6) is 0.658. The molecule has 1 N–H and O–H groups in total. The van der Waals surface area contributed by atoms with Crippen LogP contribution in [-0.4, -0.2) is 52.4 Å². The van der Waals surface area contributed by atoms with Crippen LogP contribution < -0.4 is 15.5 Å². The first-order valence-corrected chi connectivity index (χ1v) is 19.9. The molecule has 3 atom stereocenters. The lowest BCUT2D eigenvalue weighted by molar-refractivity contribution is 0.0100. The van der Waals surface area contributed by atoms with E-state index in [2.05, 4.69) is 49.3 Å². The van der Waals surface area contributed by atoms with Crippen molar-refractivity contribution in [1.29, 1.82) is 5.26 Å². The number of carbonyl (C=O) groups is 1. The van der Waals surface area contributed by atoms with Gasteiger partial charge < -0.3 is 19.1 Å². The van der Waals surface area contributed by atoms with Crippen LogP contribution in [0.3, 0.4) is 0 Å². The molecule has 3 aromatic heterocycles. The third kappa shape index (κ3) is 8.82. The van der Waals surface area contributed by atoms with Crippen LogP contribution in [0, 0.1) is 23.1 Å². The fourth-order valence-electron chi connectivity index (χ4n) is 6.83. The Hall–Kier alpha value is -3.49. The van der Waals surface area contributed by atoms with Crippen molar-refractivity contribution in [2.24, 2.45) is 5.92 Å². The molecular formula is C39H52FN6O4PS. The zero-order valence-electron chi connectivity index (χ0n) is 31.5. The fraction of sp³-hybridized carbons (Fsp3) is 0.564. The second-order valence-corrected chi connectivity index (χ2v) is 15.9. The summed E-state index contributed by atoms with van der Waals surface area (Å²) in [5, 5.41) is 15.0. The number of carbonyl (C=O) groups excluding carboxylic acids is 1. The number of halogens is 1. The van der Waals surface area contributed by atoms with Gasteiger partial charge in [-0.25, -0.2) is 19.2 Å². The molecule has 280 valence electrons. The number of benzene rings is 1. The minimum absolute atomic E-state index is 0.124. The van der Waals surface area contributed by atoms with Gasteiger partial charge in [-0.05, 0) is 69.9 Å². The van der Waals surface area contributed by atoms with Gasteiger partial charge in [0.1, 0.15) is 16.7 Å². The number of rotatable bonds is 6. The lowest BCUT2D eigenvalue weighted by Crippen LogP contribution is -2.27. The van der Waals surface area contributed by atoms with Crippen LogP contribution in [0.2, 0.25) is 0 Å². The number of aromatic nitrogens is 3. The molecule has 7 rings (SSSR count). The molecule has 3 unspecified atom stereocenters. The maximum absolute atomic E-state index is 15.1. The van der Waals surface area contributed by atoms with Crippen LogP contribution in [0.25, 0.3) is 32.2 Å². The highest BCUT2D eigenvalue weighted by atomic mass is 32.1. The van der Waals surface area contributed by atoms with Crippen molar-refractivity contribution < 1.29 is 23.4 Å². The predicted molar refractivity (Wildman–Crippen MR) is 211 cm³/mol. The van der Waals surface area contributed by atoms with Gasteiger partial charge in [0, 0.05) is 47.5 Å². The summed E-state index contributed by atoms with van der Waals surface area (Å²) in [6.07, 6.45) is 11.9. The van der Waals surface area contributed by atoms with Gasteiger partial charge in [0.25, 0.3) is 0 Å². The molecule has 10 nitrogen and oxygen atoms in total. The van der Waals surface area contributed by atoms with E-state index in [0.29, 0.717) is 42.3 Å². The Morgan fingerprint density at radius 1 is 1.19 bits per heavy atom. The second kappa shape index (κ2) is 17.6. The van der Waals surface area contributed by atoms with Gasteiger partial charge >= 0.3 is 6.09 Å². The Morgan fingerprint density at radius 3 is 2.62 bits per heavy atom. The monoisotopic (exact) mass is 750 g/mol. The van der Waals surface area contributed by atoms with E-state index in [0.717, 1.165) is 76.5 Å². The van der Waals surface area contributed by atoms with E-state index >= 15 is 4.39 Å². The fourth-order valence-corrected chi connectivity index (χ4v) is 8.40. The number of nitrogens with zero attached hydrogens (tertiary/aromatic N) is 5. The Labute approximate surface area is 313 Å². The highest BCUT2D eigenvalue weighted by molar-refractivity contribution is 7.29. The molecule has 0 radical (unpaired) electrons. The quantitative estimate of drug-likeness (QED) is 0.192. The highest BCUT2D eigenvalue weighted by Gasteiger charge is 2.30. The molecule has 3 aliphatic heterocycles. The first kappa shape index (κ1) is 39.7. The molecule has 4 aromatic rings. The lowest BCUT2D eigenvalue weighted by Gasteiger charge is -2.21. The molecule has 1 amide bonds. The molecule has 0 saturated carbocycles. The van der Waals surface area contributed by atoms with Gasteiger partial charge in [0.2, 0.25) is 5.95 Å². The van der Waals surface area contributed by atoms with E-state index in [4.69, 9.17) is 19.2 Å². The summed E-state index contributed by atoms with van der Waals surface area (Å²) in [6.45, 7) is 17.2. The van der Waals surface area contributed by atoms with Crippen molar-refractivity contribution in [3.05, 3.63) is 34.9 Å². The smallest absolute Gasteiger partial charge is 0.412 e. The summed E-state index contributed by atoms with van der Waals surface area (Å²) in [5.41, 5.74) is 3.16. The van der Waals surface area contributed by atoms with Crippen LogP contribution in [0.15, 0.2) is 12.4 Å². The van der Waals surface area contributed by atoms with Gasteiger partial charge in [0.05, 0.1) is 47.0 Å². The number of amides is 1.